The Morgan fingerprint density at radius 1 is 1.27 bits per heavy atom. The van der Waals surface area contributed by atoms with E-state index in [1.54, 1.807) is 0 Å². The van der Waals surface area contributed by atoms with Gasteiger partial charge in [0.25, 0.3) is 0 Å². The van der Waals surface area contributed by atoms with Crippen LogP contribution in [0.5, 0.6) is 0 Å². The molecule has 1 aromatic carbocycles. The third kappa shape index (κ3) is 3.36. The second-order valence-electron chi connectivity index (χ2n) is 4.98. The molecule has 0 aliphatic carbocycles. The van der Waals surface area contributed by atoms with Crippen molar-refractivity contribution in [2.45, 2.75) is 26.2 Å². The number of aryl methyl sites for hydroxylation is 1. The van der Waals surface area contributed by atoms with Crippen LogP contribution in [0.4, 0.5) is 5.00 Å². The molecule has 1 atom stereocenters. The summed E-state index contributed by atoms with van der Waals surface area (Å²) in [4.78, 5) is 24.4. The van der Waals surface area contributed by atoms with Crippen molar-refractivity contribution in [3.8, 4) is 0 Å². The molecule has 1 unspecified atom stereocenters. The van der Waals surface area contributed by atoms with Gasteiger partial charge in [-0.05, 0) is 29.9 Å². The third-order valence-electron chi connectivity index (χ3n) is 3.53. The largest absolute Gasteiger partial charge is 0.465 e. The summed E-state index contributed by atoms with van der Waals surface area (Å²) in [6.07, 6.45) is 0.688. The predicted molar refractivity (Wildman–Crippen MR) is 88.5 cm³/mol. The minimum Gasteiger partial charge on any atom is -0.465 e. The average molecular weight is 317 g/mol. The Hall–Kier alpha value is -2.14. The maximum absolute atomic E-state index is 12.6. The van der Waals surface area contributed by atoms with Crippen LogP contribution in [0.3, 0.4) is 0 Å². The van der Waals surface area contributed by atoms with Crippen molar-refractivity contribution in [2.75, 3.05) is 12.4 Å². The van der Waals surface area contributed by atoms with E-state index in [1.807, 2.05) is 49.6 Å². The molecular formula is C17H19NO3S. The van der Waals surface area contributed by atoms with Crippen molar-refractivity contribution in [1.29, 1.82) is 0 Å². The van der Waals surface area contributed by atoms with Crippen LogP contribution >= 0.6 is 11.3 Å². The predicted octanol–water partition coefficient (Wildman–Crippen LogP) is 3.98. The molecule has 1 heterocycles. The van der Waals surface area contributed by atoms with Crippen LogP contribution in [0.1, 0.15) is 40.7 Å². The van der Waals surface area contributed by atoms with Crippen LogP contribution < -0.4 is 5.32 Å². The molecule has 0 spiro atoms. The molecule has 2 rings (SSSR count). The van der Waals surface area contributed by atoms with Crippen molar-refractivity contribution in [3.63, 3.8) is 0 Å². The standard InChI is InChI=1S/C17H19NO3S/c1-4-13(12-8-6-5-7-9-12)15(19)18-16-14(17(20)21-3)11(2)10-22-16/h5-10,13H,4H2,1-3H3,(H,18,19). The lowest BCUT2D eigenvalue weighted by Crippen LogP contribution is -2.21. The Morgan fingerprint density at radius 2 is 1.95 bits per heavy atom. The average Bonchev–Trinajstić information content (AvgIpc) is 2.89. The number of nitrogens with one attached hydrogen (secondary N) is 1. The zero-order chi connectivity index (χ0) is 16.1. The molecule has 1 aromatic heterocycles. The van der Waals surface area contributed by atoms with Crippen LogP contribution in [0.15, 0.2) is 35.7 Å². The first kappa shape index (κ1) is 16.2. The highest BCUT2D eigenvalue weighted by Gasteiger charge is 2.23. The van der Waals surface area contributed by atoms with Gasteiger partial charge in [-0.3, -0.25) is 4.79 Å². The summed E-state index contributed by atoms with van der Waals surface area (Å²) < 4.78 is 4.79. The Bertz CT molecular complexity index is 664. The summed E-state index contributed by atoms with van der Waals surface area (Å²) in [5.41, 5.74) is 2.21. The fourth-order valence-corrected chi connectivity index (χ4v) is 3.28. The van der Waals surface area contributed by atoms with E-state index in [1.165, 1.54) is 18.4 Å². The normalized spacial score (nSPS) is 11.8. The zero-order valence-corrected chi connectivity index (χ0v) is 13.7. The Morgan fingerprint density at radius 3 is 2.55 bits per heavy atom. The molecule has 0 bridgehead atoms. The van der Waals surface area contributed by atoms with Gasteiger partial charge in [0.1, 0.15) is 5.00 Å². The first-order valence-corrected chi connectivity index (χ1v) is 7.98. The monoisotopic (exact) mass is 317 g/mol. The van der Waals surface area contributed by atoms with Crippen LogP contribution in [0.25, 0.3) is 0 Å². The molecule has 0 aliphatic rings. The van der Waals surface area contributed by atoms with Crippen LogP contribution in [-0.2, 0) is 9.53 Å². The second-order valence-corrected chi connectivity index (χ2v) is 5.85. The number of carbonyl (C=O) groups is 2. The molecular weight excluding hydrogens is 298 g/mol. The topological polar surface area (TPSA) is 55.4 Å². The van der Waals surface area contributed by atoms with E-state index >= 15 is 0 Å². The fraction of sp³-hybridized carbons (Fsp3) is 0.294. The summed E-state index contributed by atoms with van der Waals surface area (Å²) in [7, 11) is 1.34. The number of hydrogen-bond acceptors (Lipinski definition) is 4. The van der Waals surface area contributed by atoms with Gasteiger partial charge in [-0.15, -0.1) is 11.3 Å². The number of ether oxygens (including phenoxy) is 1. The number of carbonyl (C=O) groups excluding carboxylic acids is 2. The maximum Gasteiger partial charge on any atom is 0.341 e. The van der Waals surface area contributed by atoms with Crippen molar-refractivity contribution in [1.82, 2.24) is 0 Å². The third-order valence-corrected chi connectivity index (χ3v) is 4.54. The Labute approximate surface area is 134 Å². The second kappa shape index (κ2) is 7.22. The summed E-state index contributed by atoms with van der Waals surface area (Å²) >= 11 is 1.34. The number of esters is 1. The van der Waals surface area contributed by atoms with Gasteiger partial charge in [-0.25, -0.2) is 4.79 Å². The lowest BCUT2D eigenvalue weighted by Gasteiger charge is -2.15. The van der Waals surface area contributed by atoms with E-state index in [0.29, 0.717) is 17.0 Å². The molecule has 5 heteroatoms. The number of benzene rings is 1. The summed E-state index contributed by atoms with van der Waals surface area (Å²) in [5.74, 6) is -0.781. The highest BCUT2D eigenvalue weighted by molar-refractivity contribution is 7.15. The number of anilines is 1. The van der Waals surface area contributed by atoms with E-state index in [2.05, 4.69) is 5.32 Å². The van der Waals surface area contributed by atoms with Crippen molar-refractivity contribution < 1.29 is 14.3 Å². The molecule has 1 N–H and O–H groups in total. The molecule has 2 aromatic rings. The Kier molecular flexibility index (Phi) is 5.33. The minimum absolute atomic E-state index is 0.110. The van der Waals surface area contributed by atoms with Gasteiger partial charge in [0.2, 0.25) is 5.91 Å². The van der Waals surface area contributed by atoms with Crippen molar-refractivity contribution >= 4 is 28.2 Å². The van der Waals surface area contributed by atoms with Gasteiger partial charge in [0.15, 0.2) is 0 Å². The number of hydrogen-bond donors (Lipinski definition) is 1. The molecule has 1 amide bonds. The molecule has 0 saturated heterocycles. The lowest BCUT2D eigenvalue weighted by atomic mass is 9.96. The van der Waals surface area contributed by atoms with Gasteiger partial charge >= 0.3 is 5.97 Å². The number of amides is 1. The highest BCUT2D eigenvalue weighted by atomic mass is 32.1. The first-order chi connectivity index (χ1) is 10.6. The van der Waals surface area contributed by atoms with Gasteiger partial charge < -0.3 is 10.1 Å². The molecule has 0 fully saturated rings. The minimum atomic E-state index is -0.429. The Balaban J connectivity index is 2.23. The van der Waals surface area contributed by atoms with Crippen molar-refractivity contribution in [2.24, 2.45) is 0 Å². The molecule has 116 valence electrons. The van der Waals surface area contributed by atoms with Gasteiger partial charge in [-0.1, -0.05) is 37.3 Å². The van der Waals surface area contributed by atoms with E-state index < -0.39 is 5.97 Å². The number of thiophene rings is 1. The molecule has 0 radical (unpaired) electrons. The SMILES string of the molecule is CCC(C(=O)Nc1scc(C)c1C(=O)OC)c1ccccc1. The first-order valence-electron chi connectivity index (χ1n) is 7.10. The van der Waals surface area contributed by atoms with Crippen molar-refractivity contribution in [3.05, 3.63) is 52.4 Å². The van der Waals surface area contributed by atoms with E-state index in [0.717, 1.165) is 11.1 Å². The number of rotatable bonds is 5. The summed E-state index contributed by atoms with van der Waals surface area (Å²) in [6.45, 7) is 3.80. The quantitative estimate of drug-likeness (QED) is 0.849. The zero-order valence-electron chi connectivity index (χ0n) is 12.9. The van der Waals surface area contributed by atoms with Gasteiger partial charge in [0, 0.05) is 0 Å². The summed E-state index contributed by atoms with van der Waals surface area (Å²) in [6, 6.07) is 9.64. The van der Waals surface area contributed by atoms with Crippen LogP contribution in [0, 0.1) is 6.92 Å². The van der Waals surface area contributed by atoms with Gasteiger partial charge in [0.05, 0.1) is 18.6 Å². The lowest BCUT2D eigenvalue weighted by molar-refractivity contribution is -0.117. The highest BCUT2D eigenvalue weighted by Crippen LogP contribution is 2.30. The van der Waals surface area contributed by atoms with E-state index in [-0.39, 0.29) is 11.8 Å². The maximum atomic E-state index is 12.6. The van der Waals surface area contributed by atoms with Crippen LogP contribution in [0.2, 0.25) is 0 Å². The van der Waals surface area contributed by atoms with Gasteiger partial charge in [-0.2, -0.15) is 0 Å². The molecule has 4 nitrogen and oxygen atoms in total. The number of methoxy groups -OCH3 is 1. The van der Waals surface area contributed by atoms with E-state index in [4.69, 9.17) is 4.74 Å². The fourth-order valence-electron chi connectivity index (χ4n) is 2.35. The van der Waals surface area contributed by atoms with E-state index in [9.17, 15) is 9.59 Å². The van der Waals surface area contributed by atoms with Crippen LogP contribution in [-0.4, -0.2) is 19.0 Å². The molecule has 0 saturated carbocycles. The smallest absolute Gasteiger partial charge is 0.341 e. The molecule has 0 aliphatic heterocycles. The molecule has 22 heavy (non-hydrogen) atoms. The summed E-state index contributed by atoms with van der Waals surface area (Å²) in [5, 5.41) is 5.26.